The first-order valence-electron chi connectivity index (χ1n) is 10.1. The summed E-state index contributed by atoms with van der Waals surface area (Å²) >= 11 is 0. The van der Waals surface area contributed by atoms with Gasteiger partial charge < -0.3 is 19.1 Å². The van der Waals surface area contributed by atoms with Crippen molar-refractivity contribution in [1.29, 1.82) is 0 Å². The second-order valence-corrected chi connectivity index (χ2v) is 7.24. The second-order valence-electron chi connectivity index (χ2n) is 7.24. The van der Waals surface area contributed by atoms with Crippen molar-refractivity contribution in [3.05, 3.63) is 72.0 Å². The summed E-state index contributed by atoms with van der Waals surface area (Å²) in [5, 5.41) is 0. The molecule has 0 saturated carbocycles. The highest BCUT2D eigenvalue weighted by atomic mass is 19.1. The van der Waals surface area contributed by atoms with Crippen molar-refractivity contribution < 1.29 is 23.4 Å². The monoisotopic (exact) mass is 421 g/mol. The van der Waals surface area contributed by atoms with Crippen LogP contribution in [0.15, 0.2) is 60.7 Å². The smallest absolute Gasteiger partial charge is 0.254 e. The number of halogens is 1. The van der Waals surface area contributed by atoms with Crippen LogP contribution in [0.5, 0.6) is 11.5 Å². The molecule has 3 aromatic carbocycles. The van der Waals surface area contributed by atoms with Crippen LogP contribution in [0.3, 0.4) is 0 Å². The minimum atomic E-state index is -0.289. The SMILES string of the molecule is COc1ccc(-c2cc(-c3ccc(F)cc3)ccc2C(=O)N2CCOCC2)cc1OC. The van der Waals surface area contributed by atoms with Crippen LogP contribution in [0.2, 0.25) is 0 Å². The van der Waals surface area contributed by atoms with E-state index in [-0.39, 0.29) is 11.7 Å². The third kappa shape index (κ3) is 4.39. The molecule has 4 rings (SSSR count). The van der Waals surface area contributed by atoms with Crippen LogP contribution in [0.25, 0.3) is 22.3 Å². The lowest BCUT2D eigenvalue weighted by Gasteiger charge is -2.28. The van der Waals surface area contributed by atoms with Gasteiger partial charge in [0.2, 0.25) is 0 Å². The summed E-state index contributed by atoms with van der Waals surface area (Å²) in [6.45, 7) is 2.18. The van der Waals surface area contributed by atoms with Crippen LogP contribution in [0, 0.1) is 5.82 Å². The highest BCUT2D eigenvalue weighted by Gasteiger charge is 2.22. The van der Waals surface area contributed by atoms with Crippen molar-refractivity contribution in [2.75, 3.05) is 40.5 Å². The Balaban J connectivity index is 1.83. The van der Waals surface area contributed by atoms with Gasteiger partial charge in [-0.05, 0) is 58.7 Å². The van der Waals surface area contributed by atoms with E-state index in [2.05, 4.69) is 0 Å². The maximum absolute atomic E-state index is 13.4. The maximum Gasteiger partial charge on any atom is 0.254 e. The van der Waals surface area contributed by atoms with Crippen molar-refractivity contribution in [2.45, 2.75) is 0 Å². The van der Waals surface area contributed by atoms with Crippen molar-refractivity contribution in [3.8, 4) is 33.8 Å². The van der Waals surface area contributed by atoms with Gasteiger partial charge in [-0.15, -0.1) is 0 Å². The highest BCUT2D eigenvalue weighted by Crippen LogP contribution is 2.36. The Bertz CT molecular complexity index is 1080. The van der Waals surface area contributed by atoms with Crippen LogP contribution < -0.4 is 9.47 Å². The van der Waals surface area contributed by atoms with E-state index < -0.39 is 0 Å². The number of morpholine rings is 1. The zero-order valence-corrected chi connectivity index (χ0v) is 17.6. The van der Waals surface area contributed by atoms with Crippen LogP contribution in [0.4, 0.5) is 4.39 Å². The number of amides is 1. The predicted octanol–water partition coefficient (Wildman–Crippen LogP) is 4.65. The number of methoxy groups -OCH3 is 2. The van der Waals surface area contributed by atoms with Crippen molar-refractivity contribution in [1.82, 2.24) is 4.90 Å². The Hall–Kier alpha value is -3.38. The summed E-state index contributed by atoms with van der Waals surface area (Å²) in [5.41, 5.74) is 3.97. The first kappa shape index (κ1) is 20.9. The molecular formula is C25H24FNO4. The van der Waals surface area contributed by atoms with E-state index in [0.717, 1.165) is 22.3 Å². The summed E-state index contributed by atoms with van der Waals surface area (Å²) in [5.74, 6) is 0.862. The van der Waals surface area contributed by atoms with Crippen LogP contribution in [-0.4, -0.2) is 51.3 Å². The number of hydrogen-bond acceptors (Lipinski definition) is 4. The first-order valence-corrected chi connectivity index (χ1v) is 10.1. The molecule has 1 saturated heterocycles. The molecule has 0 aliphatic carbocycles. The molecule has 1 aliphatic heterocycles. The molecule has 0 spiro atoms. The van der Waals surface area contributed by atoms with Crippen LogP contribution >= 0.6 is 0 Å². The van der Waals surface area contributed by atoms with Gasteiger partial charge in [0.1, 0.15) is 5.82 Å². The fourth-order valence-corrected chi connectivity index (χ4v) is 3.73. The number of ether oxygens (including phenoxy) is 3. The molecule has 0 radical (unpaired) electrons. The fourth-order valence-electron chi connectivity index (χ4n) is 3.73. The number of hydrogen-bond donors (Lipinski definition) is 0. The number of rotatable bonds is 5. The molecule has 160 valence electrons. The molecule has 1 fully saturated rings. The van der Waals surface area contributed by atoms with Crippen molar-refractivity contribution in [3.63, 3.8) is 0 Å². The molecule has 0 unspecified atom stereocenters. The predicted molar refractivity (Wildman–Crippen MR) is 117 cm³/mol. The standard InChI is InChI=1S/C25H24FNO4/c1-29-23-10-6-19(16-24(23)30-2)22-15-18(17-3-7-20(26)8-4-17)5-9-21(22)25(28)27-11-13-31-14-12-27/h3-10,15-16H,11-14H2,1-2H3. The molecule has 1 amide bonds. The molecule has 6 heteroatoms. The summed E-state index contributed by atoms with van der Waals surface area (Å²) in [6, 6.07) is 17.6. The molecule has 1 aliphatic rings. The lowest BCUT2D eigenvalue weighted by Crippen LogP contribution is -2.40. The van der Waals surface area contributed by atoms with Crippen molar-refractivity contribution in [2.24, 2.45) is 0 Å². The average molecular weight is 421 g/mol. The van der Waals surface area contributed by atoms with Gasteiger partial charge in [0.15, 0.2) is 11.5 Å². The van der Waals surface area contributed by atoms with Gasteiger partial charge in [-0.1, -0.05) is 24.3 Å². The van der Waals surface area contributed by atoms with Gasteiger partial charge in [0.25, 0.3) is 5.91 Å². The Kier molecular flexibility index (Phi) is 6.18. The van der Waals surface area contributed by atoms with Crippen LogP contribution in [-0.2, 0) is 4.74 Å². The molecule has 3 aromatic rings. The van der Waals surface area contributed by atoms with Gasteiger partial charge in [0, 0.05) is 18.7 Å². The second kappa shape index (κ2) is 9.18. The highest BCUT2D eigenvalue weighted by molar-refractivity contribution is 6.02. The summed E-state index contributed by atoms with van der Waals surface area (Å²) in [6.07, 6.45) is 0. The molecule has 5 nitrogen and oxygen atoms in total. The van der Waals surface area contributed by atoms with Gasteiger partial charge in [0.05, 0.1) is 27.4 Å². The zero-order chi connectivity index (χ0) is 21.8. The summed E-state index contributed by atoms with van der Waals surface area (Å²) in [7, 11) is 3.16. The van der Waals surface area contributed by atoms with Crippen molar-refractivity contribution >= 4 is 5.91 Å². The number of carbonyl (C=O) groups is 1. The molecule has 1 heterocycles. The molecule has 0 atom stereocenters. The Morgan fingerprint density at radius 2 is 1.48 bits per heavy atom. The third-order valence-corrected chi connectivity index (χ3v) is 5.42. The topological polar surface area (TPSA) is 48.0 Å². The Morgan fingerprint density at radius 1 is 0.839 bits per heavy atom. The van der Waals surface area contributed by atoms with Gasteiger partial charge >= 0.3 is 0 Å². The molecule has 0 aromatic heterocycles. The quantitative estimate of drug-likeness (QED) is 0.602. The first-order chi connectivity index (χ1) is 15.1. The molecule has 0 bridgehead atoms. The van der Waals surface area contributed by atoms with E-state index in [4.69, 9.17) is 14.2 Å². The minimum absolute atomic E-state index is 0.0428. The largest absolute Gasteiger partial charge is 0.493 e. The zero-order valence-electron chi connectivity index (χ0n) is 17.6. The Labute approximate surface area is 181 Å². The van der Waals surface area contributed by atoms with Gasteiger partial charge in [-0.25, -0.2) is 4.39 Å². The lowest BCUT2D eigenvalue weighted by atomic mass is 9.93. The lowest BCUT2D eigenvalue weighted by molar-refractivity contribution is 0.0303. The molecular weight excluding hydrogens is 397 g/mol. The minimum Gasteiger partial charge on any atom is -0.493 e. The van der Waals surface area contributed by atoms with Gasteiger partial charge in [-0.3, -0.25) is 4.79 Å². The maximum atomic E-state index is 13.4. The number of benzene rings is 3. The third-order valence-electron chi connectivity index (χ3n) is 5.42. The van der Waals surface area contributed by atoms with E-state index in [0.29, 0.717) is 43.4 Å². The van der Waals surface area contributed by atoms with E-state index in [1.807, 2.05) is 36.4 Å². The van der Waals surface area contributed by atoms with E-state index in [1.165, 1.54) is 12.1 Å². The van der Waals surface area contributed by atoms with E-state index in [9.17, 15) is 9.18 Å². The number of nitrogens with zero attached hydrogens (tertiary/aromatic N) is 1. The van der Waals surface area contributed by atoms with Gasteiger partial charge in [-0.2, -0.15) is 0 Å². The molecule has 0 N–H and O–H groups in total. The number of carbonyl (C=O) groups excluding carboxylic acids is 1. The van der Waals surface area contributed by atoms with Crippen LogP contribution in [0.1, 0.15) is 10.4 Å². The normalized spacial score (nSPS) is 13.7. The summed E-state index contributed by atoms with van der Waals surface area (Å²) < 4.78 is 29.6. The Morgan fingerprint density at radius 3 is 2.16 bits per heavy atom. The summed E-state index contributed by atoms with van der Waals surface area (Å²) in [4.78, 5) is 15.1. The molecule has 31 heavy (non-hydrogen) atoms. The van der Waals surface area contributed by atoms with E-state index in [1.54, 1.807) is 31.3 Å². The van der Waals surface area contributed by atoms with E-state index >= 15 is 0 Å². The fraction of sp³-hybridized carbons (Fsp3) is 0.240. The average Bonchev–Trinajstić information content (AvgIpc) is 2.83.